The van der Waals surface area contributed by atoms with Gasteiger partial charge in [-0.1, -0.05) is 6.92 Å². The zero-order valence-corrected chi connectivity index (χ0v) is 15.9. The van der Waals surface area contributed by atoms with Gasteiger partial charge in [-0.05, 0) is 54.0 Å². The Hall–Kier alpha value is -1.40. The third-order valence-electron chi connectivity index (χ3n) is 5.02. The molecule has 2 rings (SSSR count). The summed E-state index contributed by atoms with van der Waals surface area (Å²) in [6.45, 7) is 14.5. The molecule has 0 spiro atoms. The molecular weight excluding hydrogens is 304 g/mol. The van der Waals surface area contributed by atoms with Crippen LogP contribution < -0.4 is 5.32 Å². The van der Waals surface area contributed by atoms with Gasteiger partial charge in [0.15, 0.2) is 0 Å². The zero-order chi connectivity index (χ0) is 18.1. The van der Waals surface area contributed by atoms with Crippen LogP contribution in [0.15, 0.2) is 0 Å². The molecular formula is C18H32N4O2. The van der Waals surface area contributed by atoms with Crippen molar-refractivity contribution in [1.29, 1.82) is 0 Å². The molecule has 1 aromatic rings. The Labute approximate surface area is 145 Å². The number of hydrogen-bond donors (Lipinski definition) is 2. The Morgan fingerprint density at radius 2 is 2.00 bits per heavy atom. The van der Waals surface area contributed by atoms with Crippen LogP contribution in [-0.4, -0.2) is 50.9 Å². The fourth-order valence-electron chi connectivity index (χ4n) is 3.56. The van der Waals surface area contributed by atoms with E-state index in [4.69, 9.17) is 10.2 Å². The van der Waals surface area contributed by atoms with E-state index in [1.54, 1.807) is 0 Å². The molecule has 0 atom stereocenters. The average Bonchev–Trinajstić information content (AvgIpc) is 2.71. The van der Waals surface area contributed by atoms with Gasteiger partial charge < -0.3 is 10.4 Å². The van der Waals surface area contributed by atoms with Gasteiger partial charge >= 0.3 is 5.97 Å². The van der Waals surface area contributed by atoms with Crippen LogP contribution in [0.5, 0.6) is 0 Å². The van der Waals surface area contributed by atoms with E-state index in [1.807, 2.05) is 6.92 Å². The summed E-state index contributed by atoms with van der Waals surface area (Å²) in [6.07, 6.45) is 2.04. The number of nitrogens with zero attached hydrogens (tertiary/aromatic N) is 3. The maximum Gasteiger partial charge on any atom is 0.317 e. The van der Waals surface area contributed by atoms with Gasteiger partial charge in [-0.3, -0.25) is 14.4 Å². The van der Waals surface area contributed by atoms with Crippen molar-refractivity contribution in [2.75, 3.05) is 13.1 Å². The highest BCUT2D eigenvalue weighted by Gasteiger charge is 2.33. The van der Waals surface area contributed by atoms with Crippen LogP contribution in [0.2, 0.25) is 0 Å². The number of hydrogen-bond acceptors (Lipinski definition) is 4. The average molecular weight is 336 g/mol. The van der Waals surface area contributed by atoms with Gasteiger partial charge in [0.25, 0.3) is 0 Å². The second kappa shape index (κ2) is 7.23. The first kappa shape index (κ1) is 18.9. The number of likely N-dealkylation sites (N-methyl/N-ethyl adjacent to an activating group) is 1. The van der Waals surface area contributed by atoms with Crippen LogP contribution in [0.3, 0.4) is 0 Å². The normalized spacial score (nSPS) is 21.1. The summed E-state index contributed by atoms with van der Waals surface area (Å²) in [6, 6.07) is 0.859. The van der Waals surface area contributed by atoms with Crippen molar-refractivity contribution in [1.82, 2.24) is 20.0 Å². The highest BCUT2D eigenvalue weighted by Crippen LogP contribution is 2.27. The Kier molecular flexibility index (Phi) is 5.71. The lowest BCUT2D eigenvalue weighted by molar-refractivity contribution is -0.139. The molecule has 0 unspecified atom stereocenters. The molecule has 0 bridgehead atoms. The lowest BCUT2D eigenvalue weighted by Gasteiger charge is -2.42. The van der Waals surface area contributed by atoms with E-state index in [9.17, 15) is 4.79 Å². The molecule has 0 radical (unpaired) electrons. The van der Waals surface area contributed by atoms with Gasteiger partial charge in [-0.25, -0.2) is 0 Å². The molecule has 136 valence electrons. The smallest absolute Gasteiger partial charge is 0.317 e. The van der Waals surface area contributed by atoms with Crippen molar-refractivity contribution in [2.24, 2.45) is 0 Å². The minimum atomic E-state index is -0.742. The van der Waals surface area contributed by atoms with Crippen LogP contribution in [0.1, 0.15) is 57.5 Å². The second-order valence-corrected chi connectivity index (χ2v) is 7.89. The standard InChI is InChI=1S/C18H32N4O2/c1-7-21(11-17(23)24)15-8-14(9-15)19-10-16-12(2)20-22(13(16)3)18(4,5)6/h14-15,19H,7-11H2,1-6H3,(H,23,24). The minimum absolute atomic E-state index is 0.00683. The first-order valence-electron chi connectivity index (χ1n) is 8.88. The molecule has 24 heavy (non-hydrogen) atoms. The molecule has 0 aliphatic heterocycles. The van der Waals surface area contributed by atoms with Crippen molar-refractivity contribution in [3.05, 3.63) is 17.0 Å². The first-order chi connectivity index (χ1) is 11.1. The predicted octanol–water partition coefficient (Wildman–Crippen LogP) is 2.28. The lowest BCUT2D eigenvalue weighted by atomic mass is 9.85. The molecule has 6 nitrogen and oxygen atoms in total. The number of rotatable bonds is 7. The highest BCUT2D eigenvalue weighted by atomic mass is 16.4. The summed E-state index contributed by atoms with van der Waals surface area (Å²) in [5.74, 6) is -0.742. The highest BCUT2D eigenvalue weighted by molar-refractivity contribution is 5.69. The maximum absolute atomic E-state index is 10.9. The number of carboxylic acid groups (broad SMARTS) is 1. The lowest BCUT2D eigenvalue weighted by Crippen LogP contribution is -2.53. The SMILES string of the molecule is CCN(CC(=O)O)C1CC(NCc2c(C)nn(C(C)(C)C)c2C)C1. The van der Waals surface area contributed by atoms with Gasteiger partial charge in [0.05, 0.1) is 17.8 Å². The molecule has 6 heteroatoms. The number of carboxylic acids is 1. The van der Waals surface area contributed by atoms with E-state index < -0.39 is 5.97 Å². The molecule has 1 aliphatic carbocycles. The molecule has 1 heterocycles. The molecule has 1 saturated carbocycles. The van der Waals surface area contributed by atoms with Crippen molar-refractivity contribution in [2.45, 2.75) is 78.6 Å². The van der Waals surface area contributed by atoms with Gasteiger partial charge in [-0.2, -0.15) is 5.10 Å². The van der Waals surface area contributed by atoms with Gasteiger partial charge in [0.1, 0.15) is 0 Å². The summed E-state index contributed by atoms with van der Waals surface area (Å²) in [5.41, 5.74) is 3.59. The Morgan fingerprint density at radius 3 is 2.46 bits per heavy atom. The Bertz CT molecular complexity index is 583. The zero-order valence-electron chi connectivity index (χ0n) is 15.9. The number of aromatic nitrogens is 2. The van der Waals surface area contributed by atoms with E-state index >= 15 is 0 Å². The summed E-state index contributed by atoms with van der Waals surface area (Å²) in [4.78, 5) is 12.9. The van der Waals surface area contributed by atoms with E-state index in [-0.39, 0.29) is 12.1 Å². The van der Waals surface area contributed by atoms with Crippen molar-refractivity contribution >= 4 is 5.97 Å². The molecule has 0 aromatic carbocycles. The van der Waals surface area contributed by atoms with E-state index in [1.165, 1.54) is 11.3 Å². The monoisotopic (exact) mass is 336 g/mol. The second-order valence-electron chi connectivity index (χ2n) is 7.89. The van der Waals surface area contributed by atoms with E-state index in [0.29, 0.717) is 12.1 Å². The summed E-state index contributed by atoms with van der Waals surface area (Å²) < 4.78 is 2.11. The number of carbonyl (C=O) groups is 1. The maximum atomic E-state index is 10.9. The summed E-state index contributed by atoms with van der Waals surface area (Å²) in [7, 11) is 0. The van der Waals surface area contributed by atoms with Crippen LogP contribution in [0, 0.1) is 13.8 Å². The van der Waals surface area contributed by atoms with E-state index in [2.05, 4.69) is 49.5 Å². The molecule has 1 fully saturated rings. The van der Waals surface area contributed by atoms with Gasteiger partial charge in [-0.15, -0.1) is 0 Å². The molecule has 0 amide bonds. The summed E-state index contributed by atoms with van der Waals surface area (Å²) in [5, 5.41) is 17.3. The van der Waals surface area contributed by atoms with Crippen molar-refractivity contribution in [3.63, 3.8) is 0 Å². The third-order valence-corrected chi connectivity index (χ3v) is 5.02. The largest absolute Gasteiger partial charge is 0.480 e. The number of nitrogens with one attached hydrogen (secondary N) is 1. The quantitative estimate of drug-likeness (QED) is 0.799. The minimum Gasteiger partial charge on any atom is -0.480 e. The van der Waals surface area contributed by atoms with Crippen LogP contribution in [-0.2, 0) is 16.9 Å². The fraction of sp³-hybridized carbons (Fsp3) is 0.778. The van der Waals surface area contributed by atoms with Crippen LogP contribution >= 0.6 is 0 Å². The van der Waals surface area contributed by atoms with E-state index in [0.717, 1.165) is 31.6 Å². The topological polar surface area (TPSA) is 70.4 Å². The predicted molar refractivity (Wildman–Crippen MR) is 95.2 cm³/mol. The molecule has 0 saturated heterocycles. The van der Waals surface area contributed by atoms with Crippen molar-refractivity contribution in [3.8, 4) is 0 Å². The molecule has 2 N–H and O–H groups in total. The first-order valence-corrected chi connectivity index (χ1v) is 8.88. The van der Waals surface area contributed by atoms with Crippen LogP contribution in [0.4, 0.5) is 0 Å². The van der Waals surface area contributed by atoms with Gasteiger partial charge in [0.2, 0.25) is 0 Å². The summed E-state index contributed by atoms with van der Waals surface area (Å²) >= 11 is 0. The number of aryl methyl sites for hydroxylation is 1. The van der Waals surface area contributed by atoms with Gasteiger partial charge in [0, 0.05) is 29.9 Å². The fourth-order valence-corrected chi connectivity index (χ4v) is 3.56. The molecule has 1 aliphatic rings. The molecule has 1 aromatic heterocycles. The Balaban J connectivity index is 1.88. The third kappa shape index (κ3) is 4.16. The van der Waals surface area contributed by atoms with Crippen molar-refractivity contribution < 1.29 is 9.90 Å². The van der Waals surface area contributed by atoms with Crippen LogP contribution in [0.25, 0.3) is 0 Å². The number of aliphatic carboxylic acids is 1. The Morgan fingerprint density at radius 1 is 1.38 bits per heavy atom.